The first-order chi connectivity index (χ1) is 14.0. The van der Waals surface area contributed by atoms with Crippen LogP contribution >= 0.6 is 11.8 Å². The molecule has 0 bridgehead atoms. The number of aromatic hydroxyl groups is 1. The molecule has 4 aromatic rings. The lowest BCUT2D eigenvalue weighted by Gasteiger charge is -2.02. The molecule has 9 heteroatoms. The van der Waals surface area contributed by atoms with Crippen molar-refractivity contribution in [3.8, 4) is 5.88 Å². The van der Waals surface area contributed by atoms with Gasteiger partial charge in [-0.05, 0) is 23.8 Å². The number of benzene rings is 2. The van der Waals surface area contributed by atoms with Crippen molar-refractivity contribution in [2.24, 2.45) is 24.3 Å². The number of aryl methyl sites for hydroxylation is 2. The molecular formula is C20H18N6O2S. The van der Waals surface area contributed by atoms with Gasteiger partial charge in [-0.25, -0.2) is 0 Å². The zero-order valence-electron chi connectivity index (χ0n) is 15.9. The summed E-state index contributed by atoms with van der Waals surface area (Å²) in [4.78, 5) is 12.4. The van der Waals surface area contributed by atoms with Gasteiger partial charge in [-0.2, -0.15) is 0 Å². The first-order valence-electron chi connectivity index (χ1n) is 8.83. The molecule has 1 amide bonds. The quantitative estimate of drug-likeness (QED) is 0.395. The lowest BCUT2D eigenvalue weighted by molar-refractivity contribution is 0.0995. The Morgan fingerprint density at radius 2 is 1.90 bits per heavy atom. The number of hydrogen-bond donors (Lipinski definition) is 1. The van der Waals surface area contributed by atoms with E-state index < -0.39 is 5.91 Å². The average Bonchev–Trinajstić information content (AvgIpc) is 3.26. The topological polar surface area (TPSA) is 97.7 Å². The Morgan fingerprint density at radius 1 is 1.14 bits per heavy atom. The number of azo groups is 1. The van der Waals surface area contributed by atoms with E-state index in [9.17, 15) is 9.90 Å². The van der Waals surface area contributed by atoms with E-state index in [1.807, 2.05) is 48.0 Å². The van der Waals surface area contributed by atoms with Crippen LogP contribution in [-0.4, -0.2) is 30.3 Å². The maximum atomic E-state index is 12.4. The Hall–Kier alpha value is -3.46. The van der Waals surface area contributed by atoms with Crippen molar-refractivity contribution in [1.29, 1.82) is 0 Å². The molecule has 2 aromatic heterocycles. The molecule has 0 fully saturated rings. The smallest absolute Gasteiger partial charge is 0.295 e. The predicted octanol–water partition coefficient (Wildman–Crippen LogP) is 4.23. The lowest BCUT2D eigenvalue weighted by atomic mass is 10.1. The van der Waals surface area contributed by atoms with Crippen molar-refractivity contribution in [2.45, 2.75) is 10.9 Å². The van der Waals surface area contributed by atoms with Gasteiger partial charge in [0, 0.05) is 30.8 Å². The normalized spacial score (nSPS) is 11.5. The molecule has 1 N–H and O–H groups in total. The number of aromatic nitrogens is 4. The minimum Gasteiger partial charge on any atom is -0.493 e. The molecule has 0 radical (unpaired) electrons. The summed E-state index contributed by atoms with van der Waals surface area (Å²) in [6.45, 7) is 0. The van der Waals surface area contributed by atoms with Gasteiger partial charge in [-0.15, -0.1) is 20.4 Å². The van der Waals surface area contributed by atoms with Crippen molar-refractivity contribution < 1.29 is 9.90 Å². The standard InChI is InChI=1S/C20H18N6O2S/c1-25-12-21-24-20(25)29-11-13-7-9-14(10-8-13)18(27)23-22-17-15-5-3-4-6-16(15)26(2)19(17)28/h3-10,12,28H,11H2,1-2H3. The summed E-state index contributed by atoms with van der Waals surface area (Å²) >= 11 is 1.57. The van der Waals surface area contributed by atoms with Crippen LogP contribution in [0.1, 0.15) is 15.9 Å². The van der Waals surface area contributed by atoms with Crippen LogP contribution in [-0.2, 0) is 19.8 Å². The van der Waals surface area contributed by atoms with Crippen LogP contribution in [0.3, 0.4) is 0 Å². The monoisotopic (exact) mass is 406 g/mol. The van der Waals surface area contributed by atoms with Crippen LogP contribution in [0.5, 0.6) is 5.88 Å². The molecule has 2 heterocycles. The molecule has 146 valence electrons. The van der Waals surface area contributed by atoms with Gasteiger partial charge in [0.05, 0.1) is 5.52 Å². The summed E-state index contributed by atoms with van der Waals surface area (Å²) in [5.74, 6) is 0.218. The van der Waals surface area contributed by atoms with Crippen LogP contribution < -0.4 is 0 Å². The summed E-state index contributed by atoms with van der Waals surface area (Å²) < 4.78 is 3.46. The minimum atomic E-state index is -0.468. The highest BCUT2D eigenvalue weighted by atomic mass is 32.2. The van der Waals surface area contributed by atoms with E-state index in [0.717, 1.165) is 21.6 Å². The molecule has 8 nitrogen and oxygen atoms in total. The molecule has 0 saturated heterocycles. The van der Waals surface area contributed by atoms with E-state index in [4.69, 9.17) is 0 Å². The van der Waals surface area contributed by atoms with Crippen molar-refractivity contribution in [3.05, 3.63) is 66.0 Å². The summed E-state index contributed by atoms with van der Waals surface area (Å²) in [7, 11) is 3.62. The highest BCUT2D eigenvalue weighted by Crippen LogP contribution is 2.37. The van der Waals surface area contributed by atoms with Crippen LogP contribution in [0, 0.1) is 0 Å². The molecule has 0 aliphatic carbocycles. The average molecular weight is 406 g/mol. The molecular weight excluding hydrogens is 388 g/mol. The van der Waals surface area contributed by atoms with Crippen molar-refractivity contribution in [1.82, 2.24) is 19.3 Å². The molecule has 2 aromatic carbocycles. The molecule has 0 unspecified atom stereocenters. The number of thioether (sulfide) groups is 1. The molecule has 0 atom stereocenters. The maximum absolute atomic E-state index is 12.4. The van der Waals surface area contributed by atoms with E-state index in [2.05, 4.69) is 20.4 Å². The summed E-state index contributed by atoms with van der Waals surface area (Å²) in [6.07, 6.45) is 1.66. The number of amides is 1. The molecule has 4 rings (SSSR count). The Balaban J connectivity index is 1.48. The van der Waals surface area contributed by atoms with Gasteiger partial charge in [0.25, 0.3) is 5.91 Å². The molecule has 0 aliphatic heterocycles. The van der Waals surface area contributed by atoms with Gasteiger partial charge in [-0.1, -0.05) is 42.1 Å². The number of carbonyl (C=O) groups is 1. The van der Waals surface area contributed by atoms with Gasteiger partial charge >= 0.3 is 0 Å². The fraction of sp³-hybridized carbons (Fsp3) is 0.150. The second kappa shape index (κ2) is 7.88. The van der Waals surface area contributed by atoms with E-state index in [0.29, 0.717) is 11.3 Å². The fourth-order valence-electron chi connectivity index (χ4n) is 2.91. The SMILES string of the molecule is Cn1cnnc1SCc1ccc(C(=O)N=Nc2c(O)n(C)c3ccccc23)cc1. The zero-order valence-corrected chi connectivity index (χ0v) is 16.7. The third-order valence-electron chi connectivity index (χ3n) is 4.53. The summed E-state index contributed by atoms with van der Waals surface area (Å²) in [6, 6.07) is 14.6. The minimum absolute atomic E-state index is 0.0288. The molecule has 0 aliphatic rings. The highest BCUT2D eigenvalue weighted by Gasteiger charge is 2.14. The number of nitrogens with zero attached hydrogens (tertiary/aromatic N) is 6. The Morgan fingerprint density at radius 3 is 2.62 bits per heavy atom. The van der Waals surface area contributed by atoms with Crippen molar-refractivity contribution >= 4 is 34.3 Å². The van der Waals surface area contributed by atoms with E-state index in [1.165, 1.54) is 0 Å². The fourth-order valence-corrected chi connectivity index (χ4v) is 3.75. The van der Waals surface area contributed by atoms with Gasteiger partial charge in [0.1, 0.15) is 6.33 Å². The Labute approximate surface area is 170 Å². The highest BCUT2D eigenvalue weighted by molar-refractivity contribution is 7.98. The van der Waals surface area contributed by atoms with Crippen LogP contribution in [0.4, 0.5) is 5.69 Å². The largest absolute Gasteiger partial charge is 0.493 e. The predicted molar refractivity (Wildman–Crippen MR) is 110 cm³/mol. The number of fused-ring (bicyclic) bond motifs is 1. The molecule has 0 spiro atoms. The second-order valence-electron chi connectivity index (χ2n) is 6.46. The number of hydrogen-bond acceptors (Lipinski definition) is 6. The maximum Gasteiger partial charge on any atom is 0.295 e. The van der Waals surface area contributed by atoms with Gasteiger partial charge < -0.3 is 14.2 Å². The van der Waals surface area contributed by atoms with E-state index >= 15 is 0 Å². The Kier molecular flexibility index (Phi) is 5.13. The third kappa shape index (κ3) is 3.77. The first-order valence-corrected chi connectivity index (χ1v) is 9.81. The zero-order chi connectivity index (χ0) is 20.4. The van der Waals surface area contributed by atoms with Crippen molar-refractivity contribution in [3.63, 3.8) is 0 Å². The van der Waals surface area contributed by atoms with Gasteiger partial charge in [0.15, 0.2) is 10.8 Å². The van der Waals surface area contributed by atoms with Crippen molar-refractivity contribution in [2.75, 3.05) is 0 Å². The third-order valence-corrected chi connectivity index (χ3v) is 5.64. The van der Waals surface area contributed by atoms with Gasteiger partial charge in [0.2, 0.25) is 5.88 Å². The van der Waals surface area contributed by atoms with E-state index in [-0.39, 0.29) is 11.6 Å². The Bertz CT molecular complexity index is 1210. The van der Waals surface area contributed by atoms with Gasteiger partial charge in [-0.3, -0.25) is 4.79 Å². The number of para-hydroxylation sites is 1. The number of rotatable bonds is 5. The number of carbonyl (C=O) groups excluding carboxylic acids is 1. The second-order valence-corrected chi connectivity index (χ2v) is 7.41. The lowest BCUT2D eigenvalue weighted by Crippen LogP contribution is -1.94. The summed E-state index contributed by atoms with van der Waals surface area (Å²) in [5.41, 5.74) is 2.59. The van der Waals surface area contributed by atoms with E-state index in [1.54, 1.807) is 41.8 Å². The molecule has 0 saturated carbocycles. The van der Waals surface area contributed by atoms with Crippen LogP contribution in [0.25, 0.3) is 10.9 Å². The molecule has 29 heavy (non-hydrogen) atoms. The summed E-state index contributed by atoms with van der Waals surface area (Å²) in [5, 5.41) is 27.5. The van der Waals surface area contributed by atoms with Crippen LogP contribution in [0.2, 0.25) is 0 Å². The first kappa shape index (κ1) is 18.9. The van der Waals surface area contributed by atoms with Crippen LogP contribution in [0.15, 0.2) is 70.2 Å².